The van der Waals surface area contributed by atoms with Gasteiger partial charge in [-0.25, -0.2) is 9.67 Å². The van der Waals surface area contributed by atoms with Crippen LogP contribution in [0.15, 0.2) is 24.3 Å². The van der Waals surface area contributed by atoms with Gasteiger partial charge in [-0.1, -0.05) is 22.9 Å². The summed E-state index contributed by atoms with van der Waals surface area (Å²) in [5.41, 5.74) is 3.11. The molecule has 0 aliphatic heterocycles. The number of halogens is 2. The number of hydrogen-bond acceptors (Lipinski definition) is 3. The molecule has 2 aromatic heterocycles. The minimum absolute atomic E-state index is 0.384. The maximum atomic E-state index is 14.1. The lowest BCUT2D eigenvalue weighted by Crippen LogP contribution is -2.01. The van der Waals surface area contributed by atoms with E-state index in [0.29, 0.717) is 33.3 Å². The van der Waals surface area contributed by atoms with Crippen molar-refractivity contribution in [2.45, 2.75) is 26.3 Å². The number of benzene rings is 1. The first kappa shape index (κ1) is 13.6. The van der Waals surface area contributed by atoms with E-state index < -0.39 is 5.95 Å². The first-order chi connectivity index (χ1) is 10.6. The Kier molecular flexibility index (Phi) is 3.11. The van der Waals surface area contributed by atoms with Crippen molar-refractivity contribution < 1.29 is 4.39 Å². The molecular formula is C16H14ClFN4. The first-order valence-corrected chi connectivity index (χ1v) is 7.66. The highest BCUT2D eigenvalue weighted by atomic mass is 35.5. The van der Waals surface area contributed by atoms with E-state index >= 15 is 0 Å². The van der Waals surface area contributed by atoms with E-state index in [4.69, 9.17) is 11.6 Å². The third-order valence-corrected chi connectivity index (χ3v) is 4.41. The van der Waals surface area contributed by atoms with Gasteiger partial charge in [0.05, 0.1) is 10.5 Å². The Morgan fingerprint density at radius 2 is 2.00 bits per heavy atom. The summed E-state index contributed by atoms with van der Waals surface area (Å²) in [6, 6.07) is 7.17. The molecule has 0 atom stereocenters. The van der Waals surface area contributed by atoms with Gasteiger partial charge < -0.3 is 0 Å². The summed E-state index contributed by atoms with van der Waals surface area (Å²) in [5.74, 6) is 0.175. The summed E-state index contributed by atoms with van der Waals surface area (Å²) in [6.45, 7) is 2.62. The van der Waals surface area contributed by atoms with Crippen molar-refractivity contribution in [2.75, 3.05) is 0 Å². The third-order valence-electron chi connectivity index (χ3n) is 4.03. The number of rotatable bonds is 3. The van der Waals surface area contributed by atoms with E-state index in [-0.39, 0.29) is 0 Å². The van der Waals surface area contributed by atoms with Gasteiger partial charge in [0.25, 0.3) is 0 Å². The average molecular weight is 317 g/mol. The standard InChI is InChI=1S/C16H14ClFN4/c1-9-2-5-12(16(18)19-9)11-6-7-13-15(14(11)17)20-21-22(13)8-10-3-4-10/h2,5-7,10H,3-4,8H2,1H3. The van der Waals surface area contributed by atoms with Crippen LogP contribution in [0.3, 0.4) is 0 Å². The van der Waals surface area contributed by atoms with Crippen molar-refractivity contribution in [2.24, 2.45) is 5.92 Å². The van der Waals surface area contributed by atoms with E-state index in [1.54, 1.807) is 19.1 Å². The second-order valence-electron chi connectivity index (χ2n) is 5.80. The molecule has 6 heteroatoms. The largest absolute Gasteiger partial charge is 0.244 e. The molecule has 4 nitrogen and oxygen atoms in total. The van der Waals surface area contributed by atoms with Crippen LogP contribution in [-0.4, -0.2) is 20.0 Å². The second kappa shape index (κ2) is 5.02. The lowest BCUT2D eigenvalue weighted by molar-refractivity contribution is 0.559. The average Bonchev–Trinajstić information content (AvgIpc) is 3.20. The van der Waals surface area contributed by atoms with Crippen molar-refractivity contribution in [1.82, 2.24) is 20.0 Å². The molecule has 0 saturated heterocycles. The van der Waals surface area contributed by atoms with E-state index in [9.17, 15) is 4.39 Å². The van der Waals surface area contributed by atoms with Gasteiger partial charge in [0.15, 0.2) is 0 Å². The fourth-order valence-electron chi connectivity index (χ4n) is 2.62. The molecule has 22 heavy (non-hydrogen) atoms. The van der Waals surface area contributed by atoms with Crippen LogP contribution in [0.4, 0.5) is 4.39 Å². The lowest BCUT2D eigenvalue weighted by Gasteiger charge is -2.07. The number of fused-ring (bicyclic) bond motifs is 1. The normalized spacial score (nSPS) is 14.7. The fraction of sp³-hybridized carbons (Fsp3) is 0.312. The lowest BCUT2D eigenvalue weighted by atomic mass is 10.1. The van der Waals surface area contributed by atoms with Gasteiger partial charge in [-0.2, -0.15) is 4.39 Å². The third kappa shape index (κ3) is 2.25. The maximum absolute atomic E-state index is 14.1. The Morgan fingerprint density at radius 3 is 2.73 bits per heavy atom. The summed E-state index contributed by atoms with van der Waals surface area (Å²) in [5, 5.41) is 8.77. The predicted molar refractivity (Wildman–Crippen MR) is 83.2 cm³/mol. The smallest absolute Gasteiger partial charge is 0.221 e. The van der Waals surface area contributed by atoms with Crippen molar-refractivity contribution in [1.29, 1.82) is 0 Å². The summed E-state index contributed by atoms with van der Waals surface area (Å²) < 4.78 is 16.0. The molecule has 2 heterocycles. The SMILES string of the molecule is Cc1ccc(-c2ccc3c(nnn3CC3CC3)c2Cl)c(F)n1. The monoisotopic (exact) mass is 316 g/mol. The molecular weight excluding hydrogens is 303 g/mol. The molecule has 0 bridgehead atoms. The minimum Gasteiger partial charge on any atom is -0.244 e. The van der Waals surface area contributed by atoms with Crippen LogP contribution in [0.1, 0.15) is 18.5 Å². The molecule has 0 radical (unpaired) electrons. The highest BCUT2D eigenvalue weighted by Gasteiger charge is 2.24. The zero-order valence-corrected chi connectivity index (χ0v) is 12.8. The predicted octanol–water partition coefficient (Wildman–Crippen LogP) is 4.00. The molecule has 1 aliphatic rings. The Labute approximate surface area is 131 Å². The van der Waals surface area contributed by atoms with Gasteiger partial charge in [0.2, 0.25) is 5.95 Å². The van der Waals surface area contributed by atoms with Gasteiger partial charge in [-0.15, -0.1) is 5.10 Å². The minimum atomic E-state index is -0.522. The van der Waals surface area contributed by atoms with E-state index in [0.717, 1.165) is 12.1 Å². The Morgan fingerprint density at radius 1 is 1.23 bits per heavy atom. The topological polar surface area (TPSA) is 43.6 Å². The molecule has 1 aliphatic carbocycles. The van der Waals surface area contributed by atoms with Crippen LogP contribution in [0.2, 0.25) is 5.02 Å². The number of nitrogens with zero attached hydrogens (tertiary/aromatic N) is 4. The van der Waals surface area contributed by atoms with E-state index in [2.05, 4.69) is 15.3 Å². The van der Waals surface area contributed by atoms with Crippen LogP contribution in [0.25, 0.3) is 22.2 Å². The first-order valence-electron chi connectivity index (χ1n) is 7.28. The molecule has 0 amide bonds. The van der Waals surface area contributed by atoms with E-state index in [1.807, 2.05) is 16.8 Å². The second-order valence-corrected chi connectivity index (χ2v) is 6.18. The van der Waals surface area contributed by atoms with Crippen LogP contribution in [0.5, 0.6) is 0 Å². The van der Waals surface area contributed by atoms with Gasteiger partial charge in [0.1, 0.15) is 5.52 Å². The Balaban J connectivity index is 1.83. The number of aromatic nitrogens is 4. The molecule has 1 aromatic carbocycles. The number of pyridine rings is 1. The summed E-state index contributed by atoms with van der Waals surface area (Å²) in [7, 11) is 0. The zero-order chi connectivity index (χ0) is 15.3. The summed E-state index contributed by atoms with van der Waals surface area (Å²) in [6.07, 6.45) is 2.49. The molecule has 1 fully saturated rings. The Hall–Kier alpha value is -2.01. The quantitative estimate of drug-likeness (QED) is 0.686. The van der Waals surface area contributed by atoms with Gasteiger partial charge in [-0.05, 0) is 43.9 Å². The van der Waals surface area contributed by atoms with E-state index in [1.165, 1.54) is 12.8 Å². The highest BCUT2D eigenvalue weighted by Crippen LogP contribution is 2.36. The van der Waals surface area contributed by atoms with Crippen LogP contribution in [-0.2, 0) is 6.54 Å². The van der Waals surface area contributed by atoms with Crippen molar-refractivity contribution >= 4 is 22.6 Å². The number of aryl methyl sites for hydroxylation is 1. The molecule has 0 spiro atoms. The highest BCUT2D eigenvalue weighted by molar-refractivity contribution is 6.37. The molecule has 0 N–H and O–H groups in total. The Bertz CT molecular complexity index is 870. The van der Waals surface area contributed by atoms with Crippen molar-refractivity contribution in [3.63, 3.8) is 0 Å². The molecule has 0 unspecified atom stereocenters. The maximum Gasteiger partial charge on any atom is 0.221 e. The number of hydrogen-bond donors (Lipinski definition) is 0. The summed E-state index contributed by atoms with van der Waals surface area (Å²) in [4.78, 5) is 3.86. The zero-order valence-electron chi connectivity index (χ0n) is 12.1. The van der Waals surface area contributed by atoms with Gasteiger partial charge >= 0.3 is 0 Å². The molecule has 112 valence electrons. The van der Waals surface area contributed by atoms with Gasteiger partial charge in [0, 0.05) is 23.4 Å². The fourth-order valence-corrected chi connectivity index (χ4v) is 2.92. The van der Waals surface area contributed by atoms with Crippen LogP contribution < -0.4 is 0 Å². The summed E-state index contributed by atoms with van der Waals surface area (Å²) >= 11 is 6.44. The molecule has 1 saturated carbocycles. The van der Waals surface area contributed by atoms with Crippen molar-refractivity contribution in [3.8, 4) is 11.1 Å². The van der Waals surface area contributed by atoms with Gasteiger partial charge in [-0.3, -0.25) is 0 Å². The van der Waals surface area contributed by atoms with Crippen molar-refractivity contribution in [3.05, 3.63) is 40.9 Å². The molecule has 4 rings (SSSR count). The molecule has 3 aromatic rings. The van der Waals surface area contributed by atoms with Crippen LogP contribution in [0, 0.1) is 18.8 Å². The van der Waals surface area contributed by atoms with Crippen LogP contribution >= 0.6 is 11.6 Å².